The van der Waals surface area contributed by atoms with Crippen molar-refractivity contribution in [2.75, 3.05) is 13.1 Å². The molecule has 3 atom stereocenters. The number of hydrogen-bond donors (Lipinski definition) is 2. The van der Waals surface area contributed by atoms with Gasteiger partial charge in [-0.1, -0.05) is 48.5 Å². The van der Waals surface area contributed by atoms with Crippen LogP contribution in [-0.4, -0.2) is 47.1 Å². The predicted octanol–water partition coefficient (Wildman–Crippen LogP) is 3.99. The Bertz CT molecular complexity index is 1250. The van der Waals surface area contributed by atoms with Crippen LogP contribution in [-0.2, 0) is 21.0 Å². The molecule has 8 nitrogen and oxygen atoms in total. The van der Waals surface area contributed by atoms with Crippen molar-refractivity contribution in [3.8, 4) is 0 Å². The van der Waals surface area contributed by atoms with Crippen LogP contribution < -0.4 is 10.8 Å². The first-order valence-electron chi connectivity index (χ1n) is 11.5. The molecule has 2 amide bonds. The number of carbonyl (C=O) groups is 2. The lowest BCUT2D eigenvalue weighted by molar-refractivity contribution is -0.125. The Morgan fingerprint density at radius 3 is 2.77 bits per heavy atom. The summed E-state index contributed by atoms with van der Waals surface area (Å²) in [6.45, 7) is 0.779. The molecule has 3 aromatic rings. The second-order valence-electron chi connectivity index (χ2n) is 8.62. The molecule has 1 fully saturated rings. The Labute approximate surface area is 211 Å². The third kappa shape index (κ3) is 5.47. The van der Waals surface area contributed by atoms with E-state index in [9.17, 15) is 9.59 Å². The molecule has 2 aliphatic heterocycles. The van der Waals surface area contributed by atoms with E-state index in [1.54, 1.807) is 6.20 Å². The SMILES string of the molecule is O=C(NCC1C=C(Br)NO1)C1CC(c2ccccc2)CN1C(=O)OCc1cnc2ccccc2c1. The fourth-order valence-corrected chi connectivity index (χ4v) is 4.85. The smallest absolute Gasteiger partial charge is 0.410 e. The Morgan fingerprint density at radius 2 is 1.97 bits per heavy atom. The van der Waals surface area contributed by atoms with Gasteiger partial charge in [0.05, 0.1) is 12.1 Å². The number of ether oxygens (including phenoxy) is 1. The van der Waals surface area contributed by atoms with Crippen LogP contribution in [0.5, 0.6) is 0 Å². The summed E-state index contributed by atoms with van der Waals surface area (Å²) < 4.78 is 6.35. The quantitative estimate of drug-likeness (QED) is 0.463. The monoisotopic (exact) mass is 536 g/mol. The van der Waals surface area contributed by atoms with Gasteiger partial charge in [-0.2, -0.15) is 0 Å². The van der Waals surface area contributed by atoms with Crippen molar-refractivity contribution >= 4 is 38.8 Å². The maximum absolute atomic E-state index is 13.1. The van der Waals surface area contributed by atoms with E-state index >= 15 is 0 Å². The average Bonchev–Trinajstić information content (AvgIpc) is 3.53. The minimum atomic E-state index is -0.635. The van der Waals surface area contributed by atoms with Crippen LogP contribution in [0, 0.1) is 0 Å². The van der Waals surface area contributed by atoms with Gasteiger partial charge in [0.1, 0.15) is 23.4 Å². The number of amides is 2. The molecule has 35 heavy (non-hydrogen) atoms. The normalized spacial score (nSPS) is 21.5. The van der Waals surface area contributed by atoms with Gasteiger partial charge in [-0.05, 0) is 46.1 Å². The molecule has 0 radical (unpaired) electrons. The zero-order chi connectivity index (χ0) is 24.2. The van der Waals surface area contributed by atoms with Crippen molar-refractivity contribution in [1.29, 1.82) is 0 Å². The summed E-state index contributed by atoms with van der Waals surface area (Å²) in [5.41, 5.74) is 5.46. The summed E-state index contributed by atoms with van der Waals surface area (Å²) in [6, 6.07) is 19.0. The number of hydroxylamine groups is 1. The number of fused-ring (bicyclic) bond motifs is 1. The fraction of sp³-hybridized carbons (Fsp3) is 0.269. The Hall–Kier alpha value is -3.43. The van der Waals surface area contributed by atoms with Crippen LogP contribution in [0.3, 0.4) is 0 Å². The molecule has 0 spiro atoms. The van der Waals surface area contributed by atoms with Crippen LogP contribution in [0.4, 0.5) is 4.79 Å². The second kappa shape index (κ2) is 10.5. The Balaban J connectivity index is 1.27. The van der Waals surface area contributed by atoms with Crippen molar-refractivity contribution < 1.29 is 19.2 Å². The van der Waals surface area contributed by atoms with Crippen LogP contribution >= 0.6 is 15.9 Å². The van der Waals surface area contributed by atoms with E-state index in [-0.39, 0.29) is 24.5 Å². The molecule has 3 unspecified atom stereocenters. The maximum Gasteiger partial charge on any atom is 0.410 e. The zero-order valence-electron chi connectivity index (χ0n) is 18.9. The van der Waals surface area contributed by atoms with Crippen molar-refractivity contribution in [2.24, 2.45) is 0 Å². The van der Waals surface area contributed by atoms with E-state index in [0.29, 0.717) is 19.5 Å². The van der Waals surface area contributed by atoms with Gasteiger partial charge in [0.2, 0.25) is 5.91 Å². The number of nitrogens with zero attached hydrogens (tertiary/aromatic N) is 2. The van der Waals surface area contributed by atoms with Crippen LogP contribution in [0.2, 0.25) is 0 Å². The van der Waals surface area contributed by atoms with Gasteiger partial charge in [0.25, 0.3) is 0 Å². The van der Waals surface area contributed by atoms with Crippen molar-refractivity contribution in [3.05, 3.63) is 88.7 Å². The molecule has 180 valence electrons. The van der Waals surface area contributed by atoms with E-state index in [0.717, 1.165) is 26.6 Å². The summed E-state index contributed by atoms with van der Waals surface area (Å²) in [6.07, 6.45) is 3.24. The van der Waals surface area contributed by atoms with Crippen molar-refractivity contribution in [1.82, 2.24) is 20.7 Å². The summed E-state index contributed by atoms with van der Waals surface area (Å²) in [4.78, 5) is 37.5. The molecule has 0 aliphatic carbocycles. The Kier molecular flexibility index (Phi) is 6.96. The molecule has 5 rings (SSSR count). The second-order valence-corrected chi connectivity index (χ2v) is 9.47. The number of aromatic nitrogens is 1. The van der Waals surface area contributed by atoms with Gasteiger partial charge >= 0.3 is 6.09 Å². The van der Waals surface area contributed by atoms with E-state index in [1.165, 1.54) is 4.90 Å². The number of pyridine rings is 1. The molecule has 2 aromatic carbocycles. The molecular weight excluding hydrogens is 512 g/mol. The minimum absolute atomic E-state index is 0.0419. The van der Waals surface area contributed by atoms with Crippen LogP contribution in [0.25, 0.3) is 10.9 Å². The minimum Gasteiger partial charge on any atom is -0.444 e. The van der Waals surface area contributed by atoms with E-state index in [2.05, 4.69) is 31.7 Å². The molecule has 1 saturated heterocycles. The fourth-order valence-electron chi connectivity index (χ4n) is 4.46. The van der Waals surface area contributed by atoms with E-state index in [4.69, 9.17) is 9.57 Å². The van der Waals surface area contributed by atoms with Gasteiger partial charge < -0.3 is 10.1 Å². The van der Waals surface area contributed by atoms with Gasteiger partial charge in [-0.25, -0.2) is 4.79 Å². The maximum atomic E-state index is 13.1. The lowest BCUT2D eigenvalue weighted by Gasteiger charge is -2.23. The van der Waals surface area contributed by atoms with E-state index < -0.39 is 12.1 Å². The Morgan fingerprint density at radius 1 is 1.17 bits per heavy atom. The number of para-hydroxylation sites is 1. The third-order valence-electron chi connectivity index (χ3n) is 6.24. The van der Waals surface area contributed by atoms with Gasteiger partial charge in [0.15, 0.2) is 0 Å². The number of benzene rings is 2. The number of halogens is 1. The lowest BCUT2D eigenvalue weighted by Crippen LogP contribution is -2.47. The highest BCUT2D eigenvalue weighted by atomic mass is 79.9. The summed E-state index contributed by atoms with van der Waals surface area (Å²) in [5.74, 6) is -0.187. The highest BCUT2D eigenvalue weighted by Crippen LogP contribution is 2.32. The summed E-state index contributed by atoms with van der Waals surface area (Å²) in [7, 11) is 0. The summed E-state index contributed by atoms with van der Waals surface area (Å²) in [5, 5.41) is 3.89. The first-order valence-corrected chi connectivity index (χ1v) is 12.2. The predicted molar refractivity (Wildman–Crippen MR) is 134 cm³/mol. The molecule has 1 aromatic heterocycles. The number of rotatable bonds is 6. The van der Waals surface area contributed by atoms with Crippen molar-refractivity contribution in [2.45, 2.75) is 31.1 Å². The molecule has 2 N–H and O–H groups in total. The molecular formula is C26H25BrN4O4. The van der Waals surface area contributed by atoms with Crippen molar-refractivity contribution in [3.63, 3.8) is 0 Å². The molecule has 3 heterocycles. The van der Waals surface area contributed by atoms with Gasteiger partial charge in [0, 0.05) is 29.6 Å². The highest BCUT2D eigenvalue weighted by Gasteiger charge is 2.41. The molecule has 9 heteroatoms. The highest BCUT2D eigenvalue weighted by molar-refractivity contribution is 9.11. The molecule has 0 bridgehead atoms. The molecule has 0 saturated carbocycles. The zero-order valence-corrected chi connectivity index (χ0v) is 20.5. The lowest BCUT2D eigenvalue weighted by atomic mass is 9.96. The van der Waals surface area contributed by atoms with Gasteiger partial charge in [-0.3, -0.25) is 25.0 Å². The largest absolute Gasteiger partial charge is 0.444 e. The van der Waals surface area contributed by atoms with Crippen LogP contribution in [0.15, 0.2) is 77.5 Å². The van der Waals surface area contributed by atoms with Crippen LogP contribution in [0.1, 0.15) is 23.5 Å². The van der Waals surface area contributed by atoms with E-state index in [1.807, 2.05) is 66.7 Å². The topological polar surface area (TPSA) is 92.8 Å². The number of hydrogen-bond acceptors (Lipinski definition) is 6. The number of nitrogens with one attached hydrogen (secondary N) is 2. The average molecular weight is 537 g/mol. The third-order valence-corrected chi connectivity index (χ3v) is 6.66. The first kappa shape index (κ1) is 23.3. The van der Waals surface area contributed by atoms with Gasteiger partial charge in [-0.15, -0.1) is 0 Å². The number of carbonyl (C=O) groups excluding carboxylic acids is 2. The first-order chi connectivity index (χ1) is 17.1. The molecule has 2 aliphatic rings. The standard InChI is InChI=1S/C26H25BrN4O4/c27-24-12-21(35-30-24)14-29-25(32)23-11-20(18-6-2-1-3-7-18)15-31(23)26(33)34-16-17-10-19-8-4-5-9-22(19)28-13-17/h1-10,12-13,20-21,23,30H,11,14-16H2,(H,29,32). The summed E-state index contributed by atoms with van der Waals surface area (Å²) >= 11 is 3.30. The number of likely N-dealkylation sites (tertiary alicyclic amines) is 1.